The Bertz CT molecular complexity index is 1860. The van der Waals surface area contributed by atoms with Gasteiger partial charge in [0.2, 0.25) is 0 Å². The highest BCUT2D eigenvalue weighted by atomic mass is 16.6. The van der Waals surface area contributed by atoms with Crippen molar-refractivity contribution < 1.29 is 28.6 Å². The van der Waals surface area contributed by atoms with Gasteiger partial charge in [0.25, 0.3) is 0 Å². The SMILES string of the molecule is CC/C=C\C/C=C\C/C=C\C/C=C\C/C=C\CCCCCCCCCCCCCCCC(=O)OCC(COC(=O)CCCC/C=C\C/C=C\C/C=C\C/C=C\CC)OC(=O)CCCCC/C=C\C/C=C\C/C=C\C/C=C\C/C=C\CC. The number of hydrogen-bond donors (Lipinski definition) is 0. The summed E-state index contributed by atoms with van der Waals surface area (Å²) in [6.45, 7) is 6.23. The predicted octanol–water partition coefficient (Wildman–Crippen LogP) is 22.7. The summed E-state index contributed by atoms with van der Waals surface area (Å²) in [4.78, 5) is 38.3. The van der Waals surface area contributed by atoms with Crippen LogP contribution in [0.5, 0.6) is 0 Å². The van der Waals surface area contributed by atoms with Crippen molar-refractivity contribution in [3.63, 3.8) is 0 Å². The number of allylic oxidation sites excluding steroid dienone is 28. The number of carbonyl (C=O) groups excluding carboxylic acids is 3. The molecule has 0 heterocycles. The van der Waals surface area contributed by atoms with Crippen LogP contribution in [0.4, 0.5) is 0 Å². The van der Waals surface area contributed by atoms with Gasteiger partial charge in [-0.25, -0.2) is 0 Å². The van der Waals surface area contributed by atoms with E-state index in [2.05, 4.69) is 191 Å². The Morgan fingerprint density at radius 1 is 0.247 bits per heavy atom. The summed E-state index contributed by atoms with van der Waals surface area (Å²) in [7, 11) is 0. The third kappa shape index (κ3) is 65.5. The monoisotopic (exact) mass is 1110 g/mol. The van der Waals surface area contributed by atoms with Gasteiger partial charge >= 0.3 is 17.9 Å². The Labute approximate surface area is 498 Å². The maximum atomic E-state index is 12.9. The molecule has 0 aliphatic carbocycles. The highest BCUT2D eigenvalue weighted by Gasteiger charge is 2.19. The van der Waals surface area contributed by atoms with Crippen LogP contribution in [0.2, 0.25) is 0 Å². The molecule has 6 nitrogen and oxygen atoms in total. The molecule has 1 unspecified atom stereocenters. The number of rotatable bonds is 57. The molecule has 0 rings (SSSR count). The zero-order valence-corrected chi connectivity index (χ0v) is 52.0. The van der Waals surface area contributed by atoms with Crippen LogP contribution < -0.4 is 0 Å². The average Bonchev–Trinajstić information content (AvgIpc) is 3.47. The van der Waals surface area contributed by atoms with Crippen LogP contribution in [0.25, 0.3) is 0 Å². The molecule has 0 amide bonds. The summed E-state index contributed by atoms with van der Waals surface area (Å²) in [5.41, 5.74) is 0. The minimum atomic E-state index is -0.823. The number of hydrogen-bond acceptors (Lipinski definition) is 6. The fourth-order valence-electron chi connectivity index (χ4n) is 8.43. The lowest BCUT2D eigenvalue weighted by atomic mass is 10.0. The molecule has 0 spiro atoms. The van der Waals surface area contributed by atoms with E-state index in [0.29, 0.717) is 25.7 Å². The first-order chi connectivity index (χ1) is 40.0. The van der Waals surface area contributed by atoms with Gasteiger partial charge in [0.15, 0.2) is 6.10 Å². The topological polar surface area (TPSA) is 78.9 Å². The van der Waals surface area contributed by atoms with Gasteiger partial charge in [-0.05, 0) is 148 Å². The van der Waals surface area contributed by atoms with Crippen LogP contribution in [0.3, 0.4) is 0 Å². The van der Waals surface area contributed by atoms with Gasteiger partial charge < -0.3 is 14.2 Å². The van der Waals surface area contributed by atoms with E-state index in [-0.39, 0.29) is 37.5 Å². The minimum absolute atomic E-state index is 0.112. The second kappa shape index (κ2) is 67.3. The van der Waals surface area contributed by atoms with Gasteiger partial charge in [-0.15, -0.1) is 0 Å². The molecule has 0 bridgehead atoms. The van der Waals surface area contributed by atoms with Crippen LogP contribution in [-0.4, -0.2) is 37.2 Å². The van der Waals surface area contributed by atoms with Crippen LogP contribution in [0.1, 0.15) is 265 Å². The maximum absolute atomic E-state index is 12.9. The lowest BCUT2D eigenvalue weighted by molar-refractivity contribution is -0.167. The lowest BCUT2D eigenvalue weighted by Crippen LogP contribution is -2.30. The van der Waals surface area contributed by atoms with Crippen molar-refractivity contribution in [3.8, 4) is 0 Å². The molecule has 1 atom stereocenters. The molecular weight excluding hydrogens is 997 g/mol. The zero-order valence-electron chi connectivity index (χ0n) is 52.0. The minimum Gasteiger partial charge on any atom is -0.462 e. The average molecular weight is 1120 g/mol. The van der Waals surface area contributed by atoms with Crippen molar-refractivity contribution in [3.05, 3.63) is 170 Å². The lowest BCUT2D eigenvalue weighted by Gasteiger charge is -2.18. The number of carbonyl (C=O) groups is 3. The summed E-state index contributed by atoms with van der Waals surface area (Å²) in [5, 5.41) is 0. The summed E-state index contributed by atoms with van der Waals surface area (Å²) in [5.74, 6) is -0.992. The molecule has 0 N–H and O–H groups in total. The van der Waals surface area contributed by atoms with E-state index in [1.165, 1.54) is 70.6 Å². The first kappa shape index (κ1) is 75.8. The molecule has 6 heteroatoms. The summed E-state index contributed by atoms with van der Waals surface area (Å²) < 4.78 is 16.9. The van der Waals surface area contributed by atoms with E-state index >= 15 is 0 Å². The number of unbranched alkanes of at least 4 members (excludes halogenated alkanes) is 18. The smallest absolute Gasteiger partial charge is 0.306 e. The van der Waals surface area contributed by atoms with Gasteiger partial charge in [0.1, 0.15) is 13.2 Å². The van der Waals surface area contributed by atoms with Gasteiger partial charge in [-0.2, -0.15) is 0 Å². The molecule has 0 saturated heterocycles. The Kier molecular flexibility index (Phi) is 62.9. The summed E-state index contributed by atoms with van der Waals surface area (Å²) >= 11 is 0. The third-order valence-electron chi connectivity index (χ3n) is 13.2. The fraction of sp³-hybridized carbons (Fsp3) is 0.587. The van der Waals surface area contributed by atoms with Crippen molar-refractivity contribution >= 4 is 17.9 Å². The van der Waals surface area contributed by atoms with Crippen molar-refractivity contribution in [2.45, 2.75) is 271 Å². The van der Waals surface area contributed by atoms with Crippen molar-refractivity contribution in [2.75, 3.05) is 13.2 Å². The molecule has 81 heavy (non-hydrogen) atoms. The van der Waals surface area contributed by atoms with Crippen LogP contribution in [-0.2, 0) is 28.6 Å². The van der Waals surface area contributed by atoms with E-state index in [1.807, 2.05) is 0 Å². The normalized spacial score (nSPS) is 13.3. The van der Waals surface area contributed by atoms with E-state index in [9.17, 15) is 14.4 Å². The third-order valence-corrected chi connectivity index (χ3v) is 13.2. The van der Waals surface area contributed by atoms with E-state index in [0.717, 1.165) is 141 Å². The standard InChI is InChI=1S/C75H118O6/c1-4-7-10-13-16-19-22-25-28-30-32-33-34-35-36-37-38-39-40-41-43-44-47-50-53-56-59-62-65-68-74(77)80-71-72(70-79-73(76)67-64-61-58-55-52-49-46-27-24-21-18-15-12-9-6-3)81-75(78)69-66-63-60-57-54-51-48-45-42-31-29-26-23-20-17-14-11-8-5-2/h7-12,16-21,25-29,32-33,35-36,42,45-46,51-52,54-55,72H,4-6,13-15,22-24,30-31,34,37-41,43-44,47-50,53,56-71H2,1-3H3/b10-7-,11-8-,12-9-,19-16-,20-17-,21-18-,28-25-,29-26-,33-32-,36-35-,45-42-,46-27-,54-51-,55-52-. The Morgan fingerprint density at radius 3 is 0.728 bits per heavy atom. The summed E-state index contributed by atoms with van der Waals surface area (Å²) in [6.07, 6.45) is 99.4. The number of esters is 3. The fourth-order valence-corrected chi connectivity index (χ4v) is 8.43. The zero-order chi connectivity index (χ0) is 58.5. The van der Waals surface area contributed by atoms with Gasteiger partial charge in [-0.3, -0.25) is 14.4 Å². The van der Waals surface area contributed by atoms with Crippen LogP contribution in [0, 0.1) is 0 Å². The molecule has 454 valence electrons. The molecular formula is C75H118O6. The molecule has 0 radical (unpaired) electrons. The van der Waals surface area contributed by atoms with Crippen molar-refractivity contribution in [1.29, 1.82) is 0 Å². The number of ether oxygens (including phenoxy) is 3. The van der Waals surface area contributed by atoms with Crippen molar-refractivity contribution in [2.24, 2.45) is 0 Å². The predicted molar refractivity (Wildman–Crippen MR) is 352 cm³/mol. The van der Waals surface area contributed by atoms with Crippen LogP contribution >= 0.6 is 0 Å². The second-order valence-corrected chi connectivity index (χ2v) is 20.9. The van der Waals surface area contributed by atoms with Crippen molar-refractivity contribution in [1.82, 2.24) is 0 Å². The van der Waals surface area contributed by atoms with Gasteiger partial charge in [0.05, 0.1) is 0 Å². The quantitative estimate of drug-likeness (QED) is 0.0261. The second-order valence-electron chi connectivity index (χ2n) is 20.9. The molecule has 0 aromatic carbocycles. The molecule has 0 fully saturated rings. The van der Waals surface area contributed by atoms with E-state index < -0.39 is 6.10 Å². The molecule has 0 aromatic heterocycles. The molecule has 0 aromatic rings. The Morgan fingerprint density at radius 2 is 0.444 bits per heavy atom. The van der Waals surface area contributed by atoms with E-state index in [4.69, 9.17) is 14.2 Å². The van der Waals surface area contributed by atoms with E-state index in [1.54, 1.807) is 0 Å². The first-order valence-electron chi connectivity index (χ1n) is 32.6. The first-order valence-corrected chi connectivity index (χ1v) is 32.6. The molecule has 0 aliphatic rings. The van der Waals surface area contributed by atoms with Gasteiger partial charge in [0, 0.05) is 19.3 Å². The Balaban J connectivity index is 4.41. The molecule has 0 saturated carbocycles. The van der Waals surface area contributed by atoms with Crippen LogP contribution in [0.15, 0.2) is 170 Å². The van der Waals surface area contributed by atoms with Gasteiger partial charge in [-0.1, -0.05) is 268 Å². The summed E-state index contributed by atoms with van der Waals surface area (Å²) in [6, 6.07) is 0. The highest BCUT2D eigenvalue weighted by Crippen LogP contribution is 2.15. The Hall–Kier alpha value is -5.23. The highest BCUT2D eigenvalue weighted by molar-refractivity contribution is 5.71. The molecule has 0 aliphatic heterocycles. The largest absolute Gasteiger partial charge is 0.462 e. The maximum Gasteiger partial charge on any atom is 0.306 e.